The van der Waals surface area contributed by atoms with E-state index >= 15 is 0 Å². The van der Waals surface area contributed by atoms with Gasteiger partial charge in [0.25, 0.3) is 0 Å². The van der Waals surface area contributed by atoms with E-state index < -0.39 is 12.1 Å². The zero-order valence-corrected chi connectivity index (χ0v) is 42.7. The zero-order valence-electron chi connectivity index (χ0n) is 42.7. The molecule has 0 heterocycles. The molecule has 6 nitrogen and oxygen atoms in total. The van der Waals surface area contributed by atoms with Crippen LogP contribution in [-0.4, -0.2) is 37.2 Å². The van der Waals surface area contributed by atoms with Crippen molar-refractivity contribution in [3.63, 3.8) is 0 Å². The van der Waals surface area contributed by atoms with Gasteiger partial charge in [-0.05, 0) is 57.8 Å². The number of hydrogen-bond acceptors (Lipinski definition) is 6. The van der Waals surface area contributed by atoms with Crippen LogP contribution in [0.15, 0.2) is 72.9 Å². The van der Waals surface area contributed by atoms with Crippen LogP contribution in [0.2, 0.25) is 0 Å². The summed E-state index contributed by atoms with van der Waals surface area (Å²) in [5.74, 6) is -0.992. The van der Waals surface area contributed by atoms with Gasteiger partial charge in [-0.15, -0.1) is 0 Å². The molecule has 0 rings (SSSR count). The fourth-order valence-corrected chi connectivity index (χ4v) is 7.65. The first-order chi connectivity index (χ1) is 32.0. The second-order valence-corrected chi connectivity index (χ2v) is 18.1. The summed E-state index contributed by atoms with van der Waals surface area (Å²) in [5.41, 5.74) is 0. The Morgan fingerprint density at radius 2 is 0.600 bits per heavy atom. The van der Waals surface area contributed by atoms with E-state index in [0.29, 0.717) is 19.3 Å². The van der Waals surface area contributed by atoms with Gasteiger partial charge in [0.15, 0.2) is 6.10 Å². The van der Waals surface area contributed by atoms with Gasteiger partial charge in [0.1, 0.15) is 13.2 Å². The third-order valence-corrected chi connectivity index (χ3v) is 11.7. The van der Waals surface area contributed by atoms with E-state index in [0.717, 1.165) is 77.0 Å². The molecular weight excluding hydrogens is 805 g/mol. The Bertz CT molecular complexity index is 1230. The van der Waals surface area contributed by atoms with Crippen LogP contribution in [0.5, 0.6) is 0 Å². The predicted octanol–water partition coefficient (Wildman–Crippen LogP) is 18.2. The van der Waals surface area contributed by atoms with Crippen LogP contribution in [-0.2, 0) is 28.6 Å². The second kappa shape index (κ2) is 53.5. The van der Waals surface area contributed by atoms with Crippen LogP contribution in [0.1, 0.15) is 265 Å². The number of rotatable bonds is 49. The first-order valence-corrected chi connectivity index (χ1v) is 27.4. The molecule has 0 aromatic heterocycles. The van der Waals surface area contributed by atoms with Crippen molar-refractivity contribution in [3.8, 4) is 0 Å². The third kappa shape index (κ3) is 51.7. The number of esters is 3. The van der Waals surface area contributed by atoms with E-state index in [4.69, 9.17) is 14.2 Å². The van der Waals surface area contributed by atoms with Crippen molar-refractivity contribution in [3.05, 3.63) is 72.9 Å². The Kier molecular flexibility index (Phi) is 50.9. The highest BCUT2D eigenvalue weighted by Gasteiger charge is 2.19. The van der Waals surface area contributed by atoms with Crippen molar-refractivity contribution in [1.82, 2.24) is 0 Å². The van der Waals surface area contributed by atoms with Crippen molar-refractivity contribution < 1.29 is 28.6 Å². The van der Waals surface area contributed by atoms with Crippen molar-refractivity contribution in [1.29, 1.82) is 0 Å². The summed E-state index contributed by atoms with van der Waals surface area (Å²) in [7, 11) is 0. The van der Waals surface area contributed by atoms with Crippen LogP contribution in [0.3, 0.4) is 0 Å². The maximum atomic E-state index is 12.7. The molecule has 0 saturated carbocycles. The topological polar surface area (TPSA) is 78.9 Å². The lowest BCUT2D eigenvalue weighted by atomic mass is 10.0. The van der Waals surface area contributed by atoms with Gasteiger partial charge in [0, 0.05) is 19.3 Å². The van der Waals surface area contributed by atoms with Crippen molar-refractivity contribution in [2.45, 2.75) is 271 Å². The number of allylic oxidation sites excluding steroid dienone is 12. The average Bonchev–Trinajstić information content (AvgIpc) is 3.30. The SMILES string of the molecule is CC/C=C\C/C=C\C/C=C\C/C=C\C/C=C\C/C=C\CCC(=O)OC(COC(=O)CCCCCCCC)COC(=O)CCCCCCCCCCCCCCCCCCCCCCCC. The number of carbonyl (C=O) groups is 3. The van der Waals surface area contributed by atoms with E-state index in [1.54, 1.807) is 0 Å². The Labute approximate surface area is 402 Å². The lowest BCUT2D eigenvalue weighted by Gasteiger charge is -2.18. The molecule has 0 amide bonds. The number of unbranched alkanes of at least 4 members (excludes halogenated alkanes) is 26. The minimum Gasteiger partial charge on any atom is -0.462 e. The van der Waals surface area contributed by atoms with Gasteiger partial charge < -0.3 is 14.2 Å². The summed E-state index contributed by atoms with van der Waals surface area (Å²) in [5, 5.41) is 0. The number of ether oxygens (including phenoxy) is 3. The lowest BCUT2D eigenvalue weighted by Crippen LogP contribution is -2.30. The summed E-state index contributed by atoms with van der Waals surface area (Å²) in [6.45, 7) is 6.42. The Morgan fingerprint density at radius 3 is 0.908 bits per heavy atom. The maximum Gasteiger partial charge on any atom is 0.306 e. The highest BCUT2D eigenvalue weighted by Crippen LogP contribution is 2.16. The highest BCUT2D eigenvalue weighted by molar-refractivity contribution is 5.71. The molecule has 65 heavy (non-hydrogen) atoms. The third-order valence-electron chi connectivity index (χ3n) is 11.7. The molecule has 1 atom stereocenters. The van der Waals surface area contributed by atoms with Gasteiger partial charge in [-0.3, -0.25) is 14.4 Å². The predicted molar refractivity (Wildman–Crippen MR) is 279 cm³/mol. The second-order valence-electron chi connectivity index (χ2n) is 18.1. The van der Waals surface area contributed by atoms with Gasteiger partial charge in [-0.25, -0.2) is 0 Å². The summed E-state index contributed by atoms with van der Waals surface area (Å²) in [4.78, 5) is 37.8. The van der Waals surface area contributed by atoms with E-state index in [9.17, 15) is 14.4 Å². The highest BCUT2D eigenvalue weighted by atomic mass is 16.6. The van der Waals surface area contributed by atoms with Crippen molar-refractivity contribution in [2.75, 3.05) is 13.2 Å². The van der Waals surface area contributed by atoms with Crippen LogP contribution >= 0.6 is 0 Å². The molecule has 374 valence electrons. The molecule has 0 radical (unpaired) electrons. The van der Waals surface area contributed by atoms with Gasteiger partial charge in [0.05, 0.1) is 0 Å². The van der Waals surface area contributed by atoms with E-state index in [1.165, 1.54) is 141 Å². The van der Waals surface area contributed by atoms with Gasteiger partial charge in [0.2, 0.25) is 0 Å². The van der Waals surface area contributed by atoms with Crippen LogP contribution in [0.25, 0.3) is 0 Å². The Balaban J connectivity index is 4.24. The first kappa shape index (κ1) is 61.9. The molecule has 0 aliphatic carbocycles. The van der Waals surface area contributed by atoms with Gasteiger partial charge in [-0.2, -0.15) is 0 Å². The summed E-state index contributed by atoms with van der Waals surface area (Å²) in [6, 6.07) is 0. The lowest BCUT2D eigenvalue weighted by molar-refractivity contribution is -0.166. The Hall–Kier alpha value is -3.15. The molecule has 0 aliphatic rings. The van der Waals surface area contributed by atoms with Crippen LogP contribution in [0.4, 0.5) is 0 Å². The van der Waals surface area contributed by atoms with Crippen molar-refractivity contribution in [2.24, 2.45) is 0 Å². The summed E-state index contributed by atoms with van der Waals surface area (Å²) in [6.07, 6.45) is 68.0. The minimum atomic E-state index is -0.810. The fourth-order valence-electron chi connectivity index (χ4n) is 7.65. The molecule has 0 spiro atoms. The smallest absolute Gasteiger partial charge is 0.306 e. The molecule has 0 aliphatic heterocycles. The monoisotopic (exact) mass is 907 g/mol. The quantitative estimate of drug-likeness (QED) is 0.0262. The van der Waals surface area contributed by atoms with Crippen molar-refractivity contribution >= 4 is 17.9 Å². The van der Waals surface area contributed by atoms with Crippen LogP contribution in [0, 0.1) is 0 Å². The van der Waals surface area contributed by atoms with Gasteiger partial charge in [-0.1, -0.05) is 261 Å². The molecule has 1 unspecified atom stereocenters. The van der Waals surface area contributed by atoms with Gasteiger partial charge >= 0.3 is 17.9 Å². The molecule has 0 saturated heterocycles. The first-order valence-electron chi connectivity index (χ1n) is 27.4. The average molecular weight is 907 g/mol. The zero-order chi connectivity index (χ0) is 47.2. The molecule has 0 bridgehead atoms. The summed E-state index contributed by atoms with van der Waals surface area (Å²) < 4.78 is 16.7. The Morgan fingerprint density at radius 1 is 0.323 bits per heavy atom. The van der Waals surface area contributed by atoms with E-state index in [1.807, 2.05) is 12.2 Å². The normalized spacial score (nSPS) is 12.6. The molecule has 0 aromatic carbocycles. The standard InChI is InChI=1S/C59H102O6/c1-4-7-10-13-16-18-20-22-24-26-28-29-30-32-33-35-37-39-41-43-46-49-52-58(61)64-55-56(54-63-57(60)51-48-45-15-12-9-6-3)65-59(62)53-50-47-44-42-40-38-36-34-31-27-25-23-21-19-17-14-11-8-5-2/h8,11,17,19,23,25,31,34,38,40,44,47,56H,4-7,9-10,12-16,18,20-22,24,26-30,32-33,35-37,39,41-43,45-46,48-55H2,1-3H3/b11-8-,19-17-,25-23-,34-31-,40-38-,47-44-. The molecular formula is C59H102O6. The number of carbonyl (C=O) groups excluding carboxylic acids is 3. The van der Waals surface area contributed by atoms with Crippen LogP contribution < -0.4 is 0 Å². The summed E-state index contributed by atoms with van der Waals surface area (Å²) >= 11 is 0. The minimum absolute atomic E-state index is 0.103. The largest absolute Gasteiger partial charge is 0.462 e. The molecule has 6 heteroatoms. The molecule has 0 fully saturated rings. The molecule has 0 aromatic rings. The maximum absolute atomic E-state index is 12.7. The fraction of sp³-hybridized carbons (Fsp3) is 0.746. The number of hydrogen-bond donors (Lipinski definition) is 0. The van der Waals surface area contributed by atoms with E-state index in [-0.39, 0.29) is 31.6 Å². The molecule has 0 N–H and O–H groups in total. The van der Waals surface area contributed by atoms with E-state index in [2.05, 4.69) is 81.5 Å².